The Morgan fingerprint density at radius 1 is 1.34 bits per heavy atom. The monoisotopic (exact) mass is 464 g/mol. The van der Waals surface area contributed by atoms with Gasteiger partial charge >= 0.3 is 0 Å². The normalized spacial score (nSPS) is 18.3. The van der Waals surface area contributed by atoms with Crippen LogP contribution >= 0.6 is 23.1 Å². The number of thioether (sulfide) groups is 1. The highest BCUT2D eigenvalue weighted by molar-refractivity contribution is 8.03. The zero-order valence-corrected chi connectivity index (χ0v) is 19.6. The molecule has 1 aliphatic carbocycles. The quantitative estimate of drug-likeness (QED) is 0.620. The molecule has 0 radical (unpaired) electrons. The summed E-state index contributed by atoms with van der Waals surface area (Å²) in [6, 6.07) is 10.5. The maximum atomic E-state index is 12.9. The van der Waals surface area contributed by atoms with Gasteiger partial charge in [-0.05, 0) is 29.9 Å². The molecule has 4 rings (SSSR count). The molecule has 8 heteroatoms. The first-order valence-electron chi connectivity index (χ1n) is 10.6. The fourth-order valence-corrected chi connectivity index (χ4v) is 5.43. The van der Waals surface area contributed by atoms with E-state index in [1.165, 1.54) is 28.7 Å². The van der Waals surface area contributed by atoms with E-state index in [0.29, 0.717) is 33.6 Å². The number of allylic oxidation sites excluding steroid dienone is 3. The van der Waals surface area contributed by atoms with E-state index in [2.05, 4.69) is 47.7 Å². The first-order valence-corrected chi connectivity index (χ1v) is 12.4. The van der Waals surface area contributed by atoms with Crippen LogP contribution in [0.2, 0.25) is 0 Å². The van der Waals surface area contributed by atoms with Crippen molar-refractivity contribution in [1.82, 2.24) is 10.3 Å². The van der Waals surface area contributed by atoms with Crippen molar-refractivity contribution in [2.45, 2.75) is 44.9 Å². The summed E-state index contributed by atoms with van der Waals surface area (Å²) >= 11 is 2.65. The summed E-state index contributed by atoms with van der Waals surface area (Å²) in [7, 11) is 0. The molecule has 1 aromatic heterocycles. The highest BCUT2D eigenvalue weighted by Crippen LogP contribution is 2.44. The molecule has 0 fully saturated rings. The van der Waals surface area contributed by atoms with E-state index in [0.717, 1.165) is 24.1 Å². The van der Waals surface area contributed by atoms with E-state index in [1.54, 1.807) is 11.6 Å². The predicted molar refractivity (Wildman–Crippen MR) is 128 cm³/mol. The molecule has 1 unspecified atom stereocenters. The van der Waals surface area contributed by atoms with Gasteiger partial charge in [0, 0.05) is 29.3 Å². The number of ketones is 1. The number of aromatic nitrogens is 1. The number of hydrogen-bond acceptors (Lipinski definition) is 7. The van der Waals surface area contributed by atoms with Crippen molar-refractivity contribution < 1.29 is 9.59 Å². The zero-order valence-electron chi connectivity index (χ0n) is 18.0. The Labute approximate surface area is 195 Å². The van der Waals surface area contributed by atoms with Crippen LogP contribution in [0, 0.1) is 11.3 Å². The van der Waals surface area contributed by atoms with Crippen molar-refractivity contribution in [3.05, 3.63) is 68.8 Å². The van der Waals surface area contributed by atoms with Crippen LogP contribution in [0.5, 0.6) is 0 Å². The summed E-state index contributed by atoms with van der Waals surface area (Å²) in [5.41, 5.74) is 4.20. The van der Waals surface area contributed by atoms with Crippen LogP contribution in [0.1, 0.15) is 56.1 Å². The number of carbonyl (C=O) groups excluding carboxylic acids is 2. The summed E-state index contributed by atoms with van der Waals surface area (Å²) in [5.74, 6) is 0.0399. The second-order valence-electron chi connectivity index (χ2n) is 8.08. The van der Waals surface area contributed by atoms with Crippen LogP contribution in [0.3, 0.4) is 0 Å². The van der Waals surface area contributed by atoms with Crippen LogP contribution in [0.15, 0.2) is 57.7 Å². The molecule has 0 spiro atoms. The Morgan fingerprint density at radius 3 is 2.78 bits per heavy atom. The standard InChI is InChI=1S/C24H24N4O2S2/c1-14(2)15-6-8-16(9-7-15)21-17(12-25)23(27-18-4-3-5-19(29)22(18)21)32-13-20(30)28-24-26-10-11-31-24/h6-11,14,21,27H,3-5,13H2,1-2H3,(H,26,28,30). The second kappa shape index (κ2) is 9.72. The smallest absolute Gasteiger partial charge is 0.236 e. The number of carbonyl (C=O) groups is 2. The Kier molecular flexibility index (Phi) is 6.77. The highest BCUT2D eigenvalue weighted by Gasteiger charge is 2.37. The third-order valence-corrected chi connectivity index (χ3v) is 7.33. The van der Waals surface area contributed by atoms with Crippen molar-refractivity contribution in [3.63, 3.8) is 0 Å². The lowest BCUT2D eigenvalue weighted by molar-refractivity contribution is -0.116. The number of dihydropyridines is 1. The Bertz CT molecular complexity index is 1130. The second-order valence-corrected chi connectivity index (χ2v) is 9.96. The Hall–Kier alpha value is -2.89. The van der Waals surface area contributed by atoms with Gasteiger partial charge in [0.15, 0.2) is 10.9 Å². The summed E-state index contributed by atoms with van der Waals surface area (Å²) in [6.07, 6.45) is 3.68. The first kappa shape index (κ1) is 22.3. The Balaban J connectivity index is 1.65. The number of anilines is 1. The molecule has 1 amide bonds. The number of hydrogen-bond donors (Lipinski definition) is 2. The van der Waals surface area contributed by atoms with Crippen molar-refractivity contribution in [2.75, 3.05) is 11.1 Å². The van der Waals surface area contributed by atoms with Gasteiger partial charge in [-0.15, -0.1) is 11.3 Å². The van der Waals surface area contributed by atoms with E-state index in [9.17, 15) is 14.9 Å². The number of nitriles is 1. The first-order chi connectivity index (χ1) is 15.5. The van der Waals surface area contributed by atoms with Crippen LogP contribution in [0.25, 0.3) is 0 Å². The molecule has 2 aromatic rings. The van der Waals surface area contributed by atoms with E-state index < -0.39 is 5.92 Å². The molecular weight excluding hydrogens is 440 g/mol. The number of benzene rings is 1. The largest absolute Gasteiger partial charge is 0.352 e. The molecular formula is C24H24N4O2S2. The number of nitrogens with zero attached hydrogens (tertiary/aromatic N) is 2. The lowest BCUT2D eigenvalue weighted by atomic mass is 9.76. The summed E-state index contributed by atoms with van der Waals surface area (Å²) in [4.78, 5) is 29.3. The van der Waals surface area contributed by atoms with E-state index in [-0.39, 0.29) is 17.4 Å². The molecule has 1 atom stereocenters. The van der Waals surface area contributed by atoms with Gasteiger partial charge < -0.3 is 10.6 Å². The molecule has 1 aliphatic heterocycles. The minimum Gasteiger partial charge on any atom is -0.352 e. The van der Waals surface area contributed by atoms with Gasteiger partial charge in [-0.25, -0.2) is 4.98 Å². The summed E-state index contributed by atoms with van der Waals surface area (Å²) in [6.45, 7) is 4.27. The molecule has 2 aliphatic rings. The average Bonchev–Trinajstić information content (AvgIpc) is 3.30. The third kappa shape index (κ3) is 4.64. The maximum absolute atomic E-state index is 12.9. The van der Waals surface area contributed by atoms with Gasteiger partial charge in [-0.2, -0.15) is 5.26 Å². The van der Waals surface area contributed by atoms with Gasteiger partial charge in [0.1, 0.15) is 0 Å². The fourth-order valence-electron chi connectivity index (χ4n) is 4.02. The fraction of sp³-hybridized carbons (Fsp3) is 0.333. The molecule has 32 heavy (non-hydrogen) atoms. The molecule has 1 aromatic carbocycles. The third-order valence-electron chi connectivity index (χ3n) is 5.63. The zero-order chi connectivity index (χ0) is 22.7. The SMILES string of the molecule is CC(C)c1ccc(C2C(C#N)=C(SCC(=O)Nc3nccs3)NC3=C2C(=O)CCC3)cc1. The molecule has 0 bridgehead atoms. The minimum atomic E-state index is -0.408. The van der Waals surface area contributed by atoms with Crippen molar-refractivity contribution in [2.24, 2.45) is 0 Å². The number of rotatable bonds is 6. The molecule has 0 saturated carbocycles. The van der Waals surface area contributed by atoms with Gasteiger partial charge in [-0.3, -0.25) is 9.59 Å². The number of amides is 1. The van der Waals surface area contributed by atoms with E-state index in [4.69, 9.17) is 0 Å². The lowest BCUT2D eigenvalue weighted by Gasteiger charge is -2.33. The van der Waals surface area contributed by atoms with Crippen LogP contribution in [0.4, 0.5) is 5.13 Å². The van der Waals surface area contributed by atoms with Gasteiger partial charge in [0.2, 0.25) is 5.91 Å². The van der Waals surface area contributed by atoms with E-state index >= 15 is 0 Å². The molecule has 2 N–H and O–H groups in total. The summed E-state index contributed by atoms with van der Waals surface area (Å²) < 4.78 is 0. The predicted octanol–water partition coefficient (Wildman–Crippen LogP) is 5.07. The van der Waals surface area contributed by atoms with Crippen LogP contribution in [-0.4, -0.2) is 22.4 Å². The number of thiazole rings is 1. The van der Waals surface area contributed by atoms with Crippen LogP contribution < -0.4 is 10.6 Å². The number of nitrogens with one attached hydrogen (secondary N) is 2. The minimum absolute atomic E-state index is 0.0926. The topological polar surface area (TPSA) is 94.9 Å². The van der Waals surface area contributed by atoms with Crippen molar-refractivity contribution >= 4 is 39.9 Å². The lowest BCUT2D eigenvalue weighted by Crippen LogP contribution is -2.31. The van der Waals surface area contributed by atoms with Gasteiger partial charge in [0.25, 0.3) is 0 Å². The maximum Gasteiger partial charge on any atom is 0.236 e. The summed E-state index contributed by atoms with van der Waals surface area (Å²) in [5, 5.41) is 19.2. The van der Waals surface area contributed by atoms with Gasteiger partial charge in [-0.1, -0.05) is 49.9 Å². The van der Waals surface area contributed by atoms with Crippen molar-refractivity contribution in [1.29, 1.82) is 5.26 Å². The average molecular weight is 465 g/mol. The Morgan fingerprint density at radius 2 is 2.12 bits per heavy atom. The highest BCUT2D eigenvalue weighted by atomic mass is 32.2. The van der Waals surface area contributed by atoms with Crippen molar-refractivity contribution in [3.8, 4) is 6.07 Å². The molecule has 2 heterocycles. The van der Waals surface area contributed by atoms with Crippen LogP contribution in [-0.2, 0) is 9.59 Å². The molecule has 6 nitrogen and oxygen atoms in total. The van der Waals surface area contributed by atoms with Gasteiger partial charge in [0.05, 0.1) is 28.3 Å². The number of Topliss-reactive ketones (excluding diaryl/α,β-unsaturated/α-hetero) is 1. The van der Waals surface area contributed by atoms with E-state index in [1.807, 2.05) is 12.1 Å². The molecule has 0 saturated heterocycles. The molecule has 164 valence electrons.